The van der Waals surface area contributed by atoms with Crippen LogP contribution in [0.4, 0.5) is 8.78 Å². The molecule has 0 aliphatic rings. The van der Waals surface area contributed by atoms with Crippen LogP contribution in [-0.2, 0) is 5.92 Å². The summed E-state index contributed by atoms with van der Waals surface area (Å²) in [6.07, 6.45) is 0. The molecule has 0 atom stereocenters. The molecule has 0 aliphatic heterocycles. The van der Waals surface area contributed by atoms with E-state index in [-0.39, 0.29) is 11.3 Å². The van der Waals surface area contributed by atoms with E-state index in [9.17, 15) is 8.78 Å². The molecule has 0 saturated carbocycles. The van der Waals surface area contributed by atoms with Crippen molar-refractivity contribution in [1.29, 1.82) is 0 Å². The Morgan fingerprint density at radius 3 is 2.27 bits per heavy atom. The van der Waals surface area contributed by atoms with Crippen LogP contribution in [-0.4, -0.2) is 7.11 Å². The maximum Gasteiger partial charge on any atom is 0.274 e. The predicted molar refractivity (Wildman–Crippen MR) is 57.0 cm³/mol. The summed E-state index contributed by atoms with van der Waals surface area (Å²) in [5.41, 5.74) is 0.973. The normalized spacial score (nSPS) is 11.7. The van der Waals surface area contributed by atoms with Crippen LogP contribution in [0.15, 0.2) is 6.07 Å². The van der Waals surface area contributed by atoms with Gasteiger partial charge in [-0.05, 0) is 31.0 Å². The van der Waals surface area contributed by atoms with Gasteiger partial charge in [0.1, 0.15) is 5.75 Å². The second kappa shape index (κ2) is 3.97. The Labute approximate surface area is 93.0 Å². The number of hydrogen-bond acceptors (Lipinski definition) is 1. The van der Waals surface area contributed by atoms with Gasteiger partial charge in [0, 0.05) is 11.9 Å². The second-order valence-corrected chi connectivity index (χ2v) is 3.98. The van der Waals surface area contributed by atoms with Crippen molar-refractivity contribution in [2.24, 2.45) is 0 Å². The van der Waals surface area contributed by atoms with E-state index in [4.69, 9.17) is 16.3 Å². The summed E-state index contributed by atoms with van der Waals surface area (Å²) in [6.45, 7) is 4.17. The lowest BCUT2D eigenvalue weighted by Crippen LogP contribution is -2.12. The highest BCUT2D eigenvalue weighted by Gasteiger charge is 2.32. The number of halogens is 3. The van der Waals surface area contributed by atoms with E-state index in [2.05, 4.69) is 0 Å². The second-order valence-electron chi connectivity index (χ2n) is 3.60. The van der Waals surface area contributed by atoms with Crippen molar-refractivity contribution in [1.82, 2.24) is 0 Å². The summed E-state index contributed by atoms with van der Waals surface area (Å²) in [6, 6.07) is 1.53. The quantitative estimate of drug-likeness (QED) is 0.749. The van der Waals surface area contributed by atoms with Crippen molar-refractivity contribution >= 4 is 11.6 Å². The number of benzene rings is 1. The van der Waals surface area contributed by atoms with Gasteiger partial charge < -0.3 is 4.74 Å². The van der Waals surface area contributed by atoms with E-state index in [1.165, 1.54) is 13.2 Å². The van der Waals surface area contributed by atoms with Crippen molar-refractivity contribution < 1.29 is 13.5 Å². The SMILES string of the molecule is COc1cc(C)c(Cl)c(C)c1C(C)(F)F. The number of rotatable bonds is 2. The third kappa shape index (κ3) is 2.23. The molecule has 0 amide bonds. The largest absolute Gasteiger partial charge is 0.496 e. The zero-order valence-electron chi connectivity index (χ0n) is 9.12. The van der Waals surface area contributed by atoms with E-state index in [1.807, 2.05) is 0 Å². The molecule has 1 aromatic carbocycles. The van der Waals surface area contributed by atoms with Crippen LogP contribution in [0.5, 0.6) is 5.75 Å². The highest BCUT2D eigenvalue weighted by molar-refractivity contribution is 6.32. The van der Waals surface area contributed by atoms with Crippen LogP contribution in [0.2, 0.25) is 5.02 Å². The van der Waals surface area contributed by atoms with E-state index < -0.39 is 5.92 Å². The van der Waals surface area contributed by atoms with Gasteiger partial charge in [-0.25, -0.2) is 8.78 Å². The molecule has 0 unspecified atom stereocenters. The fourth-order valence-corrected chi connectivity index (χ4v) is 1.78. The van der Waals surface area contributed by atoms with Crippen LogP contribution in [0, 0.1) is 13.8 Å². The van der Waals surface area contributed by atoms with Gasteiger partial charge in [0.25, 0.3) is 5.92 Å². The van der Waals surface area contributed by atoms with E-state index in [1.54, 1.807) is 13.8 Å². The first-order chi connectivity index (χ1) is 6.79. The summed E-state index contributed by atoms with van der Waals surface area (Å²) >= 11 is 5.93. The summed E-state index contributed by atoms with van der Waals surface area (Å²) in [5.74, 6) is -2.77. The van der Waals surface area contributed by atoms with Crippen LogP contribution in [0.1, 0.15) is 23.6 Å². The fraction of sp³-hybridized carbons (Fsp3) is 0.455. The van der Waals surface area contributed by atoms with Crippen LogP contribution in [0.3, 0.4) is 0 Å². The Kier molecular flexibility index (Phi) is 3.24. The number of alkyl halides is 2. The minimum atomic E-state index is -2.95. The van der Waals surface area contributed by atoms with E-state index >= 15 is 0 Å². The first kappa shape index (κ1) is 12.2. The van der Waals surface area contributed by atoms with Crippen molar-refractivity contribution in [3.05, 3.63) is 27.8 Å². The molecular formula is C11H13ClF2O. The first-order valence-electron chi connectivity index (χ1n) is 4.51. The molecule has 84 valence electrons. The lowest BCUT2D eigenvalue weighted by molar-refractivity contribution is 0.0144. The van der Waals surface area contributed by atoms with Gasteiger partial charge in [0.05, 0.1) is 12.7 Å². The van der Waals surface area contributed by atoms with Gasteiger partial charge in [-0.15, -0.1) is 0 Å². The third-order valence-electron chi connectivity index (χ3n) is 2.30. The molecule has 0 radical (unpaired) electrons. The third-order valence-corrected chi connectivity index (χ3v) is 2.88. The summed E-state index contributed by atoms with van der Waals surface area (Å²) in [4.78, 5) is 0. The first-order valence-corrected chi connectivity index (χ1v) is 4.88. The molecule has 0 aliphatic carbocycles. The molecule has 1 rings (SSSR count). The minimum Gasteiger partial charge on any atom is -0.496 e. The molecule has 0 spiro atoms. The highest BCUT2D eigenvalue weighted by Crippen LogP contribution is 2.41. The topological polar surface area (TPSA) is 9.23 Å². The molecule has 1 aromatic rings. The van der Waals surface area contributed by atoms with Gasteiger partial charge in [-0.2, -0.15) is 0 Å². The maximum absolute atomic E-state index is 13.3. The predicted octanol–water partition coefficient (Wildman–Crippen LogP) is 4.08. The molecular weight excluding hydrogens is 222 g/mol. The highest BCUT2D eigenvalue weighted by atomic mass is 35.5. The van der Waals surface area contributed by atoms with Crippen molar-refractivity contribution in [3.8, 4) is 5.75 Å². The summed E-state index contributed by atoms with van der Waals surface area (Å²) in [5, 5.41) is 0.368. The molecule has 0 fully saturated rings. The molecule has 4 heteroatoms. The molecule has 15 heavy (non-hydrogen) atoms. The Balaban J connectivity index is 3.55. The van der Waals surface area contributed by atoms with Gasteiger partial charge in [0.15, 0.2) is 0 Å². The van der Waals surface area contributed by atoms with Crippen LogP contribution >= 0.6 is 11.6 Å². The minimum absolute atomic E-state index is 0.138. The lowest BCUT2D eigenvalue weighted by atomic mass is 9.99. The maximum atomic E-state index is 13.3. The Morgan fingerprint density at radius 1 is 1.33 bits per heavy atom. The zero-order valence-corrected chi connectivity index (χ0v) is 9.88. The summed E-state index contributed by atoms with van der Waals surface area (Å²) < 4.78 is 31.6. The molecule has 0 aromatic heterocycles. The van der Waals surface area contributed by atoms with Crippen molar-refractivity contribution in [3.63, 3.8) is 0 Å². The Hall–Kier alpha value is -0.830. The average Bonchev–Trinajstić information content (AvgIpc) is 2.11. The van der Waals surface area contributed by atoms with Crippen molar-refractivity contribution in [2.45, 2.75) is 26.7 Å². The van der Waals surface area contributed by atoms with E-state index in [0.29, 0.717) is 10.6 Å². The van der Waals surface area contributed by atoms with Gasteiger partial charge in [0.2, 0.25) is 0 Å². The average molecular weight is 235 g/mol. The number of ether oxygens (including phenoxy) is 1. The van der Waals surface area contributed by atoms with Gasteiger partial charge in [-0.3, -0.25) is 0 Å². The van der Waals surface area contributed by atoms with E-state index in [0.717, 1.165) is 12.5 Å². The number of hydrogen-bond donors (Lipinski definition) is 0. The fourth-order valence-electron chi connectivity index (χ4n) is 1.63. The monoisotopic (exact) mass is 234 g/mol. The standard InChI is InChI=1S/C11H13ClF2O/c1-6-5-8(15-4)9(11(3,13)14)7(2)10(6)12/h5H,1-4H3. The number of aryl methyl sites for hydroxylation is 1. The van der Waals surface area contributed by atoms with Gasteiger partial charge in [-0.1, -0.05) is 11.6 Å². The Bertz CT molecular complexity index is 383. The van der Waals surface area contributed by atoms with Gasteiger partial charge >= 0.3 is 0 Å². The Morgan fingerprint density at radius 2 is 1.87 bits per heavy atom. The van der Waals surface area contributed by atoms with Crippen LogP contribution < -0.4 is 4.74 Å². The molecule has 1 nitrogen and oxygen atoms in total. The lowest BCUT2D eigenvalue weighted by Gasteiger charge is -2.19. The molecule has 0 saturated heterocycles. The van der Waals surface area contributed by atoms with Crippen molar-refractivity contribution in [2.75, 3.05) is 7.11 Å². The smallest absolute Gasteiger partial charge is 0.274 e. The molecule has 0 N–H and O–H groups in total. The molecule has 0 heterocycles. The molecule has 0 bridgehead atoms. The zero-order chi connectivity index (χ0) is 11.8. The number of methoxy groups -OCH3 is 1. The van der Waals surface area contributed by atoms with Crippen LogP contribution in [0.25, 0.3) is 0 Å². The summed E-state index contributed by atoms with van der Waals surface area (Å²) in [7, 11) is 1.37.